The topological polar surface area (TPSA) is 0 Å². The second-order valence-corrected chi connectivity index (χ2v) is 6.14. The Balaban J connectivity index is 2.25. The summed E-state index contributed by atoms with van der Waals surface area (Å²) in [5, 5.41) is 3.06. The van der Waals surface area contributed by atoms with Crippen LogP contribution in [0.4, 0.5) is 0 Å². The van der Waals surface area contributed by atoms with E-state index in [4.69, 9.17) is 0 Å². The molecular formula is C14H16Si. The lowest BCUT2D eigenvalue weighted by Crippen LogP contribution is -2.27. The van der Waals surface area contributed by atoms with Crippen LogP contribution in [-0.2, 0) is 0 Å². The van der Waals surface area contributed by atoms with Crippen LogP contribution in [0.2, 0.25) is 0 Å². The third-order valence-corrected chi connectivity index (χ3v) is 4.23. The first-order valence-electron chi connectivity index (χ1n) is 5.35. The lowest BCUT2D eigenvalue weighted by molar-refractivity contribution is 1.40. The van der Waals surface area contributed by atoms with Crippen LogP contribution in [0, 0.1) is 13.8 Å². The van der Waals surface area contributed by atoms with Gasteiger partial charge < -0.3 is 0 Å². The van der Waals surface area contributed by atoms with Gasteiger partial charge in [-0.2, -0.15) is 0 Å². The molecule has 0 saturated carbocycles. The molecule has 1 heteroatoms. The van der Waals surface area contributed by atoms with E-state index in [1.807, 2.05) is 0 Å². The molecule has 0 unspecified atom stereocenters. The summed E-state index contributed by atoms with van der Waals surface area (Å²) in [6.45, 7) is 4.35. The summed E-state index contributed by atoms with van der Waals surface area (Å²) in [4.78, 5) is 0. The van der Waals surface area contributed by atoms with Gasteiger partial charge in [0.25, 0.3) is 0 Å². The predicted molar refractivity (Wildman–Crippen MR) is 70.2 cm³/mol. The van der Waals surface area contributed by atoms with E-state index in [-0.39, 0.29) is 9.52 Å². The minimum absolute atomic E-state index is 0.277. The quantitative estimate of drug-likeness (QED) is 0.661. The van der Waals surface area contributed by atoms with Crippen molar-refractivity contribution in [1.82, 2.24) is 0 Å². The summed E-state index contributed by atoms with van der Waals surface area (Å²) >= 11 is 0. The van der Waals surface area contributed by atoms with Crippen LogP contribution in [0.25, 0.3) is 0 Å². The Bertz CT molecular complexity index is 426. The average Bonchev–Trinajstić information content (AvgIpc) is 2.17. The van der Waals surface area contributed by atoms with Gasteiger partial charge in [-0.3, -0.25) is 0 Å². The van der Waals surface area contributed by atoms with Crippen LogP contribution < -0.4 is 10.4 Å². The minimum Gasteiger partial charge on any atom is -0.0633 e. The van der Waals surface area contributed by atoms with Crippen molar-refractivity contribution in [3.8, 4) is 0 Å². The van der Waals surface area contributed by atoms with Gasteiger partial charge in [0, 0.05) is 0 Å². The van der Waals surface area contributed by atoms with Gasteiger partial charge in [-0.05, 0) is 13.8 Å². The molecule has 0 aliphatic heterocycles. The molecule has 0 aliphatic carbocycles. The average molecular weight is 212 g/mol. The highest BCUT2D eigenvalue weighted by molar-refractivity contribution is 6.67. The molecule has 2 aromatic rings. The third kappa shape index (κ3) is 2.80. The molecule has 0 aromatic heterocycles. The Morgan fingerprint density at radius 3 is 1.93 bits per heavy atom. The first-order valence-corrected chi connectivity index (χ1v) is 6.76. The number of rotatable bonds is 2. The van der Waals surface area contributed by atoms with Crippen molar-refractivity contribution in [2.24, 2.45) is 0 Å². The first-order chi connectivity index (χ1) is 7.24. The molecule has 0 amide bonds. The zero-order valence-electron chi connectivity index (χ0n) is 9.33. The zero-order chi connectivity index (χ0) is 10.7. The predicted octanol–water partition coefficient (Wildman–Crippen LogP) is 1.42. The maximum Gasteiger partial charge on any atom is 0.0875 e. The van der Waals surface area contributed by atoms with Crippen LogP contribution in [0.1, 0.15) is 11.1 Å². The van der Waals surface area contributed by atoms with Gasteiger partial charge in [0.05, 0.1) is 9.52 Å². The smallest absolute Gasteiger partial charge is 0.0633 e. The van der Waals surface area contributed by atoms with Crippen LogP contribution >= 0.6 is 0 Å². The van der Waals surface area contributed by atoms with Gasteiger partial charge in [-0.15, -0.1) is 0 Å². The van der Waals surface area contributed by atoms with Crippen LogP contribution in [0.3, 0.4) is 0 Å². The van der Waals surface area contributed by atoms with E-state index in [1.54, 1.807) is 5.19 Å². The zero-order valence-corrected chi connectivity index (χ0v) is 10.7. The van der Waals surface area contributed by atoms with E-state index in [2.05, 4.69) is 62.4 Å². The monoisotopic (exact) mass is 212 g/mol. The van der Waals surface area contributed by atoms with Crippen molar-refractivity contribution in [2.75, 3.05) is 0 Å². The normalized spacial score (nSPS) is 11.1. The van der Waals surface area contributed by atoms with Crippen molar-refractivity contribution in [3.05, 3.63) is 59.7 Å². The van der Waals surface area contributed by atoms with E-state index in [0.29, 0.717) is 0 Å². The van der Waals surface area contributed by atoms with E-state index in [1.165, 1.54) is 16.3 Å². The second-order valence-electron chi connectivity index (χ2n) is 4.16. The lowest BCUT2D eigenvalue weighted by atomic mass is 10.2. The molecule has 2 rings (SSSR count). The largest absolute Gasteiger partial charge is 0.0875 e. The number of benzene rings is 2. The van der Waals surface area contributed by atoms with Gasteiger partial charge in [0.1, 0.15) is 0 Å². The van der Waals surface area contributed by atoms with Crippen LogP contribution in [-0.4, -0.2) is 9.52 Å². The molecule has 15 heavy (non-hydrogen) atoms. The molecule has 0 N–H and O–H groups in total. The summed E-state index contributed by atoms with van der Waals surface area (Å²) in [6, 6.07) is 17.7. The maximum atomic E-state index is 2.33. The number of aryl methyl sites for hydroxylation is 2. The van der Waals surface area contributed by atoms with Gasteiger partial charge in [-0.25, -0.2) is 0 Å². The van der Waals surface area contributed by atoms with Crippen LogP contribution in [0.15, 0.2) is 48.5 Å². The summed E-state index contributed by atoms with van der Waals surface area (Å²) in [6.07, 6.45) is 0. The van der Waals surface area contributed by atoms with Gasteiger partial charge in [0.2, 0.25) is 0 Å². The molecular weight excluding hydrogens is 196 g/mol. The Morgan fingerprint density at radius 2 is 1.33 bits per heavy atom. The second kappa shape index (κ2) is 4.45. The summed E-state index contributed by atoms with van der Waals surface area (Å²) in [5.41, 5.74) is 2.77. The molecule has 76 valence electrons. The summed E-state index contributed by atoms with van der Waals surface area (Å²) < 4.78 is 0. The van der Waals surface area contributed by atoms with E-state index in [0.717, 1.165) is 0 Å². The molecule has 0 nitrogen and oxygen atoms in total. The third-order valence-electron chi connectivity index (χ3n) is 2.53. The molecule has 0 spiro atoms. The van der Waals surface area contributed by atoms with Crippen molar-refractivity contribution >= 4 is 19.9 Å². The van der Waals surface area contributed by atoms with Gasteiger partial charge in [0.15, 0.2) is 0 Å². The molecule has 0 radical (unpaired) electrons. The Labute approximate surface area is 93.8 Å². The van der Waals surface area contributed by atoms with E-state index in [9.17, 15) is 0 Å². The fourth-order valence-electron chi connectivity index (χ4n) is 2.00. The number of hydrogen-bond acceptors (Lipinski definition) is 0. The summed E-state index contributed by atoms with van der Waals surface area (Å²) in [5.74, 6) is 0. The molecule has 0 atom stereocenters. The van der Waals surface area contributed by atoms with Crippen molar-refractivity contribution in [1.29, 1.82) is 0 Å². The standard InChI is InChI=1S/C14H16Si/c1-11-8-12(2)10-14(9-11)15-13-6-4-3-5-7-13/h3-10H,15H2,1-2H3. The van der Waals surface area contributed by atoms with Crippen molar-refractivity contribution in [3.63, 3.8) is 0 Å². The first kappa shape index (κ1) is 10.2. The van der Waals surface area contributed by atoms with Crippen LogP contribution in [0.5, 0.6) is 0 Å². The Hall–Kier alpha value is -1.34. The fourth-order valence-corrected chi connectivity index (χ4v) is 3.83. The molecule has 0 fully saturated rings. The van der Waals surface area contributed by atoms with Gasteiger partial charge in [-0.1, -0.05) is 70.0 Å². The Kier molecular flexibility index (Phi) is 3.02. The lowest BCUT2D eigenvalue weighted by Gasteiger charge is -2.04. The molecule has 0 aliphatic rings. The minimum atomic E-state index is -0.277. The molecule has 0 saturated heterocycles. The van der Waals surface area contributed by atoms with Crippen molar-refractivity contribution < 1.29 is 0 Å². The molecule has 0 bridgehead atoms. The van der Waals surface area contributed by atoms with Gasteiger partial charge >= 0.3 is 0 Å². The highest BCUT2D eigenvalue weighted by Crippen LogP contribution is 1.99. The molecule has 2 aromatic carbocycles. The highest BCUT2D eigenvalue weighted by atomic mass is 28.2. The fraction of sp³-hybridized carbons (Fsp3) is 0.143. The maximum absolute atomic E-state index is 2.33. The summed E-state index contributed by atoms with van der Waals surface area (Å²) in [7, 11) is -0.277. The Morgan fingerprint density at radius 1 is 0.733 bits per heavy atom. The number of hydrogen-bond donors (Lipinski definition) is 0. The SMILES string of the molecule is Cc1cc(C)cc([SiH2]c2ccccc2)c1. The molecule has 0 heterocycles. The highest BCUT2D eigenvalue weighted by Gasteiger charge is 1.98. The van der Waals surface area contributed by atoms with E-state index >= 15 is 0 Å². The van der Waals surface area contributed by atoms with E-state index < -0.39 is 0 Å². The van der Waals surface area contributed by atoms with Crippen molar-refractivity contribution in [2.45, 2.75) is 13.8 Å².